The Balaban J connectivity index is 1.46. The Hall–Kier alpha value is -3.32. The number of hydrazone groups is 1. The van der Waals surface area contributed by atoms with Gasteiger partial charge in [-0.3, -0.25) is 0 Å². The lowest BCUT2D eigenvalue weighted by Gasteiger charge is -2.10. The Morgan fingerprint density at radius 2 is 1.56 bits per heavy atom. The lowest BCUT2D eigenvalue weighted by atomic mass is 10.1. The van der Waals surface area contributed by atoms with Crippen molar-refractivity contribution in [3.05, 3.63) is 90.0 Å². The van der Waals surface area contributed by atoms with Gasteiger partial charge in [-0.25, -0.2) is 4.83 Å². The molecule has 0 aliphatic rings. The molecule has 0 saturated carbocycles. The molecule has 0 bridgehead atoms. The van der Waals surface area contributed by atoms with E-state index in [2.05, 4.69) is 22.1 Å². The van der Waals surface area contributed by atoms with Crippen molar-refractivity contribution in [2.75, 3.05) is 6.61 Å². The summed E-state index contributed by atoms with van der Waals surface area (Å²) in [5, 5.41) is 3.86. The number of hydrogen-bond donors (Lipinski definition) is 1. The van der Waals surface area contributed by atoms with Crippen LogP contribution in [0.4, 0.5) is 0 Å². The molecule has 0 heterocycles. The Labute approximate surface area is 190 Å². The maximum atomic E-state index is 12.4. The monoisotopic (exact) mass is 452 g/mol. The predicted molar refractivity (Wildman–Crippen MR) is 127 cm³/mol. The summed E-state index contributed by atoms with van der Waals surface area (Å²) >= 11 is 0. The number of benzene rings is 3. The van der Waals surface area contributed by atoms with Crippen molar-refractivity contribution in [2.45, 2.75) is 37.7 Å². The minimum atomic E-state index is -3.75. The van der Waals surface area contributed by atoms with Crippen molar-refractivity contribution < 1.29 is 17.9 Å². The highest BCUT2D eigenvalue weighted by molar-refractivity contribution is 7.89. The number of nitrogens with one attached hydrogen (secondary N) is 1. The van der Waals surface area contributed by atoms with Crippen LogP contribution in [0.25, 0.3) is 0 Å². The Bertz CT molecular complexity index is 1090. The molecule has 0 unspecified atom stereocenters. The lowest BCUT2D eigenvalue weighted by Crippen LogP contribution is -2.18. The molecule has 0 spiro atoms. The fourth-order valence-corrected chi connectivity index (χ4v) is 3.74. The maximum absolute atomic E-state index is 12.4. The smallest absolute Gasteiger partial charge is 0.276 e. The zero-order valence-electron chi connectivity index (χ0n) is 18.3. The van der Waals surface area contributed by atoms with Crippen LogP contribution in [0.2, 0.25) is 0 Å². The van der Waals surface area contributed by atoms with Crippen LogP contribution in [0.15, 0.2) is 88.9 Å². The zero-order valence-corrected chi connectivity index (χ0v) is 19.1. The molecule has 32 heavy (non-hydrogen) atoms. The normalized spacial score (nSPS) is 11.6. The molecule has 3 aromatic carbocycles. The topological polar surface area (TPSA) is 77.0 Å². The second-order valence-corrected chi connectivity index (χ2v) is 9.16. The van der Waals surface area contributed by atoms with E-state index in [-0.39, 0.29) is 11.0 Å². The summed E-state index contributed by atoms with van der Waals surface area (Å²) in [4.78, 5) is 2.34. The standard InChI is InChI=1S/C25H28N2O4S/c1-20(2)31-24-14-16-25(17-15-24)32(28,29)27-26-19-22-10-12-23(13-11-22)30-18-6-9-21-7-4-3-5-8-21/h3-5,7-8,10-17,19-20,27H,6,9,18H2,1-2H3/b26-19+. The third kappa shape index (κ3) is 7.42. The second-order valence-electron chi connectivity index (χ2n) is 7.50. The minimum absolute atomic E-state index is 0.0197. The third-order valence-electron chi connectivity index (χ3n) is 4.49. The average Bonchev–Trinajstić information content (AvgIpc) is 2.78. The molecule has 0 fully saturated rings. The van der Waals surface area contributed by atoms with Crippen LogP contribution in [-0.2, 0) is 16.4 Å². The summed E-state index contributed by atoms with van der Waals surface area (Å²) in [5.74, 6) is 1.38. The van der Waals surface area contributed by atoms with Crippen LogP contribution in [0.3, 0.4) is 0 Å². The molecular formula is C25H28N2O4S. The van der Waals surface area contributed by atoms with Crippen LogP contribution in [0, 0.1) is 0 Å². The van der Waals surface area contributed by atoms with Gasteiger partial charge in [-0.1, -0.05) is 30.3 Å². The van der Waals surface area contributed by atoms with E-state index in [1.807, 2.05) is 56.3 Å². The van der Waals surface area contributed by atoms with E-state index in [9.17, 15) is 8.42 Å². The Kier molecular flexibility index (Phi) is 8.27. The summed E-state index contributed by atoms with van der Waals surface area (Å²) in [6.07, 6.45) is 3.37. The number of aryl methyl sites for hydroxylation is 1. The zero-order chi connectivity index (χ0) is 22.8. The van der Waals surface area contributed by atoms with E-state index in [0.717, 1.165) is 24.2 Å². The van der Waals surface area contributed by atoms with Gasteiger partial charge in [-0.2, -0.15) is 13.5 Å². The van der Waals surface area contributed by atoms with Gasteiger partial charge < -0.3 is 9.47 Å². The van der Waals surface area contributed by atoms with E-state index in [0.29, 0.717) is 12.4 Å². The van der Waals surface area contributed by atoms with Gasteiger partial charge in [0.1, 0.15) is 11.5 Å². The van der Waals surface area contributed by atoms with Gasteiger partial charge in [0, 0.05) is 0 Å². The van der Waals surface area contributed by atoms with Crippen molar-refractivity contribution >= 4 is 16.2 Å². The SMILES string of the molecule is CC(C)Oc1ccc(S(=O)(=O)N/N=C/c2ccc(OCCCc3ccccc3)cc2)cc1. The molecular weight excluding hydrogens is 424 g/mol. The van der Waals surface area contributed by atoms with Gasteiger partial charge in [0.15, 0.2) is 0 Å². The van der Waals surface area contributed by atoms with E-state index in [1.54, 1.807) is 12.1 Å². The van der Waals surface area contributed by atoms with E-state index >= 15 is 0 Å². The molecule has 1 N–H and O–H groups in total. The van der Waals surface area contributed by atoms with Crippen molar-refractivity contribution in [3.8, 4) is 11.5 Å². The number of rotatable bonds is 11. The van der Waals surface area contributed by atoms with Gasteiger partial charge in [0.05, 0.1) is 23.8 Å². The molecule has 0 aliphatic carbocycles. The second kappa shape index (κ2) is 11.3. The van der Waals surface area contributed by atoms with Crippen molar-refractivity contribution in [1.82, 2.24) is 4.83 Å². The van der Waals surface area contributed by atoms with Gasteiger partial charge in [0.2, 0.25) is 0 Å². The largest absolute Gasteiger partial charge is 0.494 e. The highest BCUT2D eigenvalue weighted by atomic mass is 32.2. The van der Waals surface area contributed by atoms with Gasteiger partial charge >= 0.3 is 0 Å². The highest BCUT2D eigenvalue weighted by Crippen LogP contribution is 2.17. The van der Waals surface area contributed by atoms with Crippen molar-refractivity contribution in [1.29, 1.82) is 0 Å². The van der Waals surface area contributed by atoms with E-state index in [1.165, 1.54) is 23.9 Å². The van der Waals surface area contributed by atoms with Crippen LogP contribution in [0.1, 0.15) is 31.4 Å². The predicted octanol–water partition coefficient (Wildman–Crippen LogP) is 4.80. The molecule has 0 amide bonds. The molecule has 168 valence electrons. The van der Waals surface area contributed by atoms with Crippen molar-refractivity contribution in [2.24, 2.45) is 5.10 Å². The molecule has 6 nitrogen and oxygen atoms in total. The molecule has 0 atom stereocenters. The first-order chi connectivity index (χ1) is 15.4. The molecule has 0 aromatic heterocycles. The van der Waals surface area contributed by atoms with Crippen molar-refractivity contribution in [3.63, 3.8) is 0 Å². The Morgan fingerprint density at radius 1 is 0.906 bits per heavy atom. The number of ether oxygens (including phenoxy) is 2. The first-order valence-corrected chi connectivity index (χ1v) is 12.0. The molecule has 0 aliphatic heterocycles. The average molecular weight is 453 g/mol. The number of nitrogens with zero attached hydrogens (tertiary/aromatic N) is 1. The molecule has 3 aromatic rings. The molecule has 0 saturated heterocycles. The highest BCUT2D eigenvalue weighted by Gasteiger charge is 2.12. The van der Waals surface area contributed by atoms with Crippen LogP contribution < -0.4 is 14.3 Å². The van der Waals surface area contributed by atoms with Crippen LogP contribution >= 0.6 is 0 Å². The van der Waals surface area contributed by atoms with E-state index in [4.69, 9.17) is 9.47 Å². The lowest BCUT2D eigenvalue weighted by molar-refractivity contribution is 0.242. The fourth-order valence-electron chi connectivity index (χ4n) is 2.95. The van der Waals surface area contributed by atoms with Gasteiger partial charge in [-0.15, -0.1) is 0 Å². The summed E-state index contributed by atoms with van der Waals surface area (Å²) < 4.78 is 36.0. The molecule has 7 heteroatoms. The summed E-state index contributed by atoms with van der Waals surface area (Å²) in [6.45, 7) is 4.44. The molecule has 3 rings (SSSR count). The number of hydrogen-bond acceptors (Lipinski definition) is 5. The molecule has 0 radical (unpaired) electrons. The first-order valence-electron chi connectivity index (χ1n) is 10.5. The minimum Gasteiger partial charge on any atom is -0.494 e. The van der Waals surface area contributed by atoms with Crippen LogP contribution in [-0.4, -0.2) is 27.3 Å². The third-order valence-corrected chi connectivity index (χ3v) is 5.73. The maximum Gasteiger partial charge on any atom is 0.276 e. The number of sulfonamides is 1. The van der Waals surface area contributed by atoms with E-state index < -0.39 is 10.0 Å². The fraction of sp³-hybridized carbons (Fsp3) is 0.240. The van der Waals surface area contributed by atoms with Crippen LogP contribution in [0.5, 0.6) is 11.5 Å². The summed E-state index contributed by atoms with van der Waals surface area (Å²) in [7, 11) is -3.75. The summed E-state index contributed by atoms with van der Waals surface area (Å²) in [5.41, 5.74) is 2.05. The Morgan fingerprint density at radius 3 is 2.22 bits per heavy atom. The quantitative estimate of drug-likeness (QED) is 0.258. The first kappa shape index (κ1) is 23.3. The van der Waals surface area contributed by atoms with Gasteiger partial charge in [-0.05, 0) is 86.3 Å². The summed E-state index contributed by atoms with van der Waals surface area (Å²) in [6, 6.07) is 23.8. The van der Waals surface area contributed by atoms with Gasteiger partial charge in [0.25, 0.3) is 10.0 Å².